The molecule has 5 heterocycles. The predicted octanol–water partition coefficient (Wildman–Crippen LogP) is 4.50. The maximum absolute atomic E-state index is 14.0. The molecule has 1 atom stereocenters. The first-order chi connectivity index (χ1) is 15.3. The third kappa shape index (κ3) is 3.51. The van der Waals surface area contributed by atoms with Crippen LogP contribution in [0.5, 0.6) is 0 Å². The van der Waals surface area contributed by atoms with E-state index in [2.05, 4.69) is 20.3 Å². The first-order valence-electron chi connectivity index (χ1n) is 10.1. The summed E-state index contributed by atoms with van der Waals surface area (Å²) >= 11 is 0. The van der Waals surface area contributed by atoms with E-state index in [0.717, 1.165) is 6.07 Å². The van der Waals surface area contributed by atoms with Crippen molar-refractivity contribution in [3.05, 3.63) is 60.2 Å². The first kappa shape index (κ1) is 20.2. The first-order valence-corrected chi connectivity index (χ1v) is 10.1. The normalized spacial score (nSPS) is 17.3. The molecule has 7 nitrogen and oxygen atoms in total. The fourth-order valence-electron chi connectivity index (χ4n) is 4.17. The molecule has 2 bridgehead atoms. The van der Waals surface area contributed by atoms with Gasteiger partial charge in [-0.15, -0.1) is 0 Å². The molecule has 10 heteroatoms. The summed E-state index contributed by atoms with van der Waals surface area (Å²) < 4.78 is 42.0. The Morgan fingerprint density at radius 2 is 2.06 bits per heavy atom. The molecule has 1 fully saturated rings. The van der Waals surface area contributed by atoms with Gasteiger partial charge in [-0.3, -0.25) is 14.9 Å². The average Bonchev–Trinajstić information content (AvgIpc) is 3.18. The van der Waals surface area contributed by atoms with E-state index < -0.39 is 17.8 Å². The molecule has 0 saturated carbocycles. The molecule has 2 amide bonds. The number of urea groups is 1. The molecule has 1 saturated heterocycles. The van der Waals surface area contributed by atoms with E-state index >= 15 is 0 Å². The van der Waals surface area contributed by atoms with Crippen molar-refractivity contribution in [1.82, 2.24) is 15.0 Å². The summed E-state index contributed by atoms with van der Waals surface area (Å²) in [5.74, 6) is 0.212. The molecule has 32 heavy (non-hydrogen) atoms. The van der Waals surface area contributed by atoms with Crippen molar-refractivity contribution in [3.8, 4) is 11.3 Å². The Morgan fingerprint density at radius 1 is 1.22 bits per heavy atom. The number of hydrogen-bond acceptors (Lipinski definition) is 5. The van der Waals surface area contributed by atoms with Gasteiger partial charge in [0.25, 0.3) is 0 Å². The van der Waals surface area contributed by atoms with E-state index in [9.17, 15) is 18.0 Å². The van der Waals surface area contributed by atoms with Gasteiger partial charge in [0.2, 0.25) is 0 Å². The molecule has 0 spiro atoms. The summed E-state index contributed by atoms with van der Waals surface area (Å²) in [6, 6.07) is 7.04. The number of nitrogens with zero attached hydrogens (tertiary/aromatic N) is 5. The quantitative estimate of drug-likeness (QED) is 0.635. The molecule has 164 valence electrons. The van der Waals surface area contributed by atoms with Crippen LogP contribution in [0.3, 0.4) is 0 Å². The lowest BCUT2D eigenvalue weighted by atomic mass is 10.0. The van der Waals surface area contributed by atoms with Gasteiger partial charge in [-0.25, -0.2) is 9.78 Å². The highest BCUT2D eigenvalue weighted by Gasteiger charge is 2.44. The van der Waals surface area contributed by atoms with Crippen molar-refractivity contribution in [1.29, 1.82) is 0 Å². The van der Waals surface area contributed by atoms with Crippen molar-refractivity contribution in [2.75, 3.05) is 28.2 Å². The Bertz CT molecular complexity index is 1170. The second kappa shape index (κ2) is 7.47. The lowest BCUT2D eigenvalue weighted by Gasteiger charge is -2.36. The number of carbonyl (C=O) groups excluding carboxylic acids is 1. The van der Waals surface area contributed by atoms with Crippen molar-refractivity contribution >= 4 is 23.2 Å². The van der Waals surface area contributed by atoms with Crippen LogP contribution in [0.2, 0.25) is 0 Å². The molecule has 0 aliphatic carbocycles. The Hall–Kier alpha value is -3.69. The van der Waals surface area contributed by atoms with E-state index in [-0.39, 0.29) is 23.1 Å². The molecule has 0 radical (unpaired) electrons. The second-order valence-electron chi connectivity index (χ2n) is 7.84. The summed E-state index contributed by atoms with van der Waals surface area (Å²) in [6.07, 6.45) is 0.494. The van der Waals surface area contributed by atoms with Gasteiger partial charge in [0, 0.05) is 36.7 Å². The molecular formula is C22H19F3N6O. The van der Waals surface area contributed by atoms with Crippen LogP contribution in [0, 0.1) is 6.92 Å². The van der Waals surface area contributed by atoms with Crippen LogP contribution in [-0.2, 0) is 6.18 Å². The molecule has 3 aromatic rings. The van der Waals surface area contributed by atoms with E-state index in [1.807, 2.05) is 4.90 Å². The molecule has 0 aromatic carbocycles. The topological polar surface area (TPSA) is 74.2 Å². The molecule has 3 aromatic heterocycles. The Balaban J connectivity index is 1.64. The zero-order valence-electron chi connectivity index (χ0n) is 17.1. The minimum atomic E-state index is -4.61. The van der Waals surface area contributed by atoms with Crippen LogP contribution in [0.15, 0.2) is 48.9 Å². The number of rotatable bonds is 2. The average molecular weight is 440 g/mol. The van der Waals surface area contributed by atoms with Crippen molar-refractivity contribution < 1.29 is 18.0 Å². The lowest BCUT2D eigenvalue weighted by molar-refractivity contribution is -0.137. The SMILES string of the molecule is Cc1ccc(-c2nc3c(cc2C(F)(F)F)N2CC[C@@H](C2)N3C(=O)Nc2cccnc2)cn1. The van der Waals surface area contributed by atoms with Crippen LogP contribution < -0.4 is 15.1 Å². The van der Waals surface area contributed by atoms with E-state index in [1.165, 1.54) is 17.3 Å². The monoisotopic (exact) mass is 440 g/mol. The van der Waals surface area contributed by atoms with Crippen LogP contribution in [-0.4, -0.2) is 40.1 Å². The number of carbonyl (C=O) groups is 1. The number of alkyl halides is 3. The number of fused-ring (bicyclic) bond motifs is 4. The fourth-order valence-corrected chi connectivity index (χ4v) is 4.17. The standard InChI is InChI=1S/C22H19F3N6O/c1-13-4-5-14(10-27-13)19-17(22(23,24)25)9-18-20(29-19)31(16-6-8-30(18)12-16)21(32)28-15-3-2-7-26-11-15/h2-5,7,9-11,16H,6,8,12H2,1H3,(H,28,32)/t16-/m0/s1. The van der Waals surface area contributed by atoms with Crippen LogP contribution in [0.25, 0.3) is 11.3 Å². The van der Waals surface area contributed by atoms with Crippen molar-refractivity contribution in [2.24, 2.45) is 0 Å². The predicted molar refractivity (Wildman–Crippen MR) is 114 cm³/mol. The third-order valence-electron chi connectivity index (χ3n) is 5.70. The molecule has 1 N–H and O–H groups in total. The summed E-state index contributed by atoms with van der Waals surface area (Å²) in [4.78, 5) is 29.0. The number of pyridine rings is 3. The van der Waals surface area contributed by atoms with Crippen molar-refractivity contribution in [3.63, 3.8) is 0 Å². The fraction of sp³-hybridized carbons (Fsp3) is 0.273. The van der Waals surface area contributed by atoms with Gasteiger partial charge in [0.1, 0.15) is 0 Å². The molecule has 2 aliphatic heterocycles. The van der Waals surface area contributed by atoms with Crippen LogP contribution >= 0.6 is 0 Å². The third-order valence-corrected chi connectivity index (χ3v) is 5.70. The van der Waals surface area contributed by atoms with E-state index in [4.69, 9.17) is 0 Å². The smallest absolute Gasteiger partial charge is 0.366 e. The Kier molecular flexibility index (Phi) is 4.72. The zero-order valence-corrected chi connectivity index (χ0v) is 17.1. The number of hydrogen-bond donors (Lipinski definition) is 1. The van der Waals surface area contributed by atoms with Crippen LogP contribution in [0.4, 0.5) is 35.2 Å². The van der Waals surface area contributed by atoms with Gasteiger partial charge < -0.3 is 10.2 Å². The largest absolute Gasteiger partial charge is 0.418 e. The second-order valence-corrected chi connectivity index (χ2v) is 7.84. The number of nitrogens with one attached hydrogen (secondary N) is 1. The van der Waals surface area contributed by atoms with Gasteiger partial charge in [-0.05, 0) is 43.7 Å². The number of aromatic nitrogens is 3. The highest BCUT2D eigenvalue weighted by Crippen LogP contribution is 2.45. The van der Waals surface area contributed by atoms with Gasteiger partial charge in [0.05, 0.1) is 34.9 Å². The summed E-state index contributed by atoms with van der Waals surface area (Å²) in [6.45, 7) is 2.76. The van der Waals surface area contributed by atoms with E-state index in [1.54, 1.807) is 37.4 Å². The zero-order chi connectivity index (χ0) is 22.5. The summed E-state index contributed by atoms with van der Waals surface area (Å²) in [7, 11) is 0. The van der Waals surface area contributed by atoms with E-state index in [0.29, 0.717) is 36.6 Å². The summed E-state index contributed by atoms with van der Waals surface area (Å²) in [5.41, 5.74) is 0.629. The number of halogens is 3. The Morgan fingerprint density at radius 3 is 2.75 bits per heavy atom. The lowest BCUT2D eigenvalue weighted by Crippen LogP contribution is -2.48. The summed E-state index contributed by atoms with van der Waals surface area (Å²) in [5, 5.41) is 2.78. The Labute approximate surface area is 181 Å². The maximum atomic E-state index is 14.0. The highest BCUT2D eigenvalue weighted by atomic mass is 19.4. The maximum Gasteiger partial charge on any atom is 0.418 e. The molecular weight excluding hydrogens is 421 g/mol. The van der Waals surface area contributed by atoms with Gasteiger partial charge >= 0.3 is 12.2 Å². The van der Waals surface area contributed by atoms with Gasteiger partial charge in [-0.2, -0.15) is 13.2 Å². The highest BCUT2D eigenvalue weighted by molar-refractivity contribution is 6.04. The minimum Gasteiger partial charge on any atom is -0.366 e. The molecule has 5 rings (SSSR count). The van der Waals surface area contributed by atoms with Gasteiger partial charge in [-0.1, -0.05) is 0 Å². The number of amides is 2. The minimum absolute atomic E-state index is 0.188. The van der Waals surface area contributed by atoms with Gasteiger partial charge in [0.15, 0.2) is 5.82 Å². The molecule has 2 aliphatic rings. The number of aryl methyl sites for hydroxylation is 1. The molecule has 0 unspecified atom stereocenters. The number of anilines is 3. The van der Waals surface area contributed by atoms with Crippen LogP contribution in [0.1, 0.15) is 17.7 Å². The van der Waals surface area contributed by atoms with Crippen molar-refractivity contribution in [2.45, 2.75) is 25.6 Å².